The summed E-state index contributed by atoms with van der Waals surface area (Å²) in [5, 5.41) is 5.37. The zero-order valence-corrected chi connectivity index (χ0v) is 12.2. The monoisotopic (exact) mass is 277 g/mol. The van der Waals surface area contributed by atoms with Gasteiger partial charge in [0.2, 0.25) is 11.8 Å². The summed E-state index contributed by atoms with van der Waals surface area (Å²) in [6, 6.07) is 8.34. The van der Waals surface area contributed by atoms with Gasteiger partial charge in [-0.05, 0) is 32.8 Å². The van der Waals surface area contributed by atoms with Crippen LogP contribution in [0.15, 0.2) is 30.3 Å². The summed E-state index contributed by atoms with van der Waals surface area (Å²) in [5.41, 5.74) is 6.85. The molecule has 0 saturated carbocycles. The summed E-state index contributed by atoms with van der Waals surface area (Å²) < 4.78 is 0. The number of carbonyl (C=O) groups is 2. The Morgan fingerprint density at radius 2 is 1.65 bits per heavy atom. The van der Waals surface area contributed by atoms with Gasteiger partial charge in [-0.15, -0.1) is 0 Å². The summed E-state index contributed by atoms with van der Waals surface area (Å²) in [6.45, 7) is 5.38. The highest BCUT2D eigenvalue weighted by Gasteiger charge is 2.20. The molecule has 0 spiro atoms. The van der Waals surface area contributed by atoms with Crippen LogP contribution in [0.2, 0.25) is 0 Å². The van der Waals surface area contributed by atoms with E-state index in [1.807, 2.05) is 44.2 Å². The number of hydrogen-bond donors (Lipinski definition) is 3. The van der Waals surface area contributed by atoms with E-state index in [4.69, 9.17) is 5.73 Å². The lowest BCUT2D eigenvalue weighted by Gasteiger charge is -2.18. The number of nitrogens with one attached hydrogen (secondary N) is 2. The maximum Gasteiger partial charge on any atom is 0.242 e. The van der Waals surface area contributed by atoms with Crippen molar-refractivity contribution in [2.45, 2.75) is 45.3 Å². The van der Waals surface area contributed by atoms with Crippen LogP contribution >= 0.6 is 0 Å². The van der Waals surface area contributed by atoms with Crippen LogP contribution in [0.25, 0.3) is 0 Å². The number of rotatable bonds is 6. The first-order valence-electron chi connectivity index (χ1n) is 6.80. The molecule has 2 unspecified atom stereocenters. The molecule has 2 atom stereocenters. The van der Waals surface area contributed by atoms with Crippen molar-refractivity contribution in [3.8, 4) is 0 Å². The van der Waals surface area contributed by atoms with E-state index in [-0.39, 0.29) is 17.9 Å². The van der Waals surface area contributed by atoms with E-state index in [0.717, 1.165) is 5.56 Å². The Morgan fingerprint density at radius 3 is 2.20 bits per heavy atom. The first-order valence-corrected chi connectivity index (χ1v) is 6.80. The second-order valence-corrected chi connectivity index (χ2v) is 5.19. The van der Waals surface area contributed by atoms with E-state index in [1.54, 1.807) is 6.92 Å². The zero-order valence-electron chi connectivity index (χ0n) is 12.2. The van der Waals surface area contributed by atoms with Gasteiger partial charge in [0.1, 0.15) is 6.04 Å². The van der Waals surface area contributed by atoms with E-state index in [2.05, 4.69) is 10.6 Å². The van der Waals surface area contributed by atoms with Gasteiger partial charge in [-0.1, -0.05) is 30.3 Å². The smallest absolute Gasteiger partial charge is 0.242 e. The minimum atomic E-state index is -0.660. The summed E-state index contributed by atoms with van der Waals surface area (Å²) >= 11 is 0. The lowest BCUT2D eigenvalue weighted by atomic mass is 10.1. The van der Waals surface area contributed by atoms with Crippen LogP contribution in [0.1, 0.15) is 26.3 Å². The lowest BCUT2D eigenvalue weighted by molar-refractivity contribution is -0.129. The van der Waals surface area contributed by atoms with Crippen molar-refractivity contribution in [1.82, 2.24) is 10.6 Å². The highest BCUT2D eigenvalue weighted by Crippen LogP contribution is 2.02. The Labute approximate surface area is 119 Å². The third-order valence-corrected chi connectivity index (χ3v) is 2.82. The molecule has 0 aliphatic carbocycles. The largest absolute Gasteiger partial charge is 0.352 e. The van der Waals surface area contributed by atoms with E-state index >= 15 is 0 Å². The average Bonchev–Trinajstić information content (AvgIpc) is 2.38. The first kappa shape index (κ1) is 16.2. The van der Waals surface area contributed by atoms with Crippen molar-refractivity contribution in [3.05, 3.63) is 35.9 Å². The molecule has 0 radical (unpaired) electrons. The molecule has 20 heavy (non-hydrogen) atoms. The van der Waals surface area contributed by atoms with Crippen LogP contribution < -0.4 is 16.4 Å². The number of carbonyl (C=O) groups excluding carboxylic acids is 2. The van der Waals surface area contributed by atoms with Crippen molar-refractivity contribution >= 4 is 11.8 Å². The molecular weight excluding hydrogens is 254 g/mol. The maximum atomic E-state index is 11.9. The number of hydrogen-bond acceptors (Lipinski definition) is 3. The van der Waals surface area contributed by atoms with Gasteiger partial charge in [-0.3, -0.25) is 9.59 Å². The second kappa shape index (κ2) is 7.65. The van der Waals surface area contributed by atoms with Gasteiger partial charge in [-0.25, -0.2) is 0 Å². The normalized spacial score (nSPS) is 13.7. The van der Waals surface area contributed by atoms with E-state index in [1.165, 1.54) is 0 Å². The highest BCUT2D eigenvalue weighted by molar-refractivity contribution is 5.89. The predicted molar refractivity (Wildman–Crippen MR) is 79.0 cm³/mol. The van der Waals surface area contributed by atoms with Crippen LogP contribution in [0, 0.1) is 0 Å². The SMILES string of the molecule is CC(C)NC(=O)C(C)NC(=O)C(N)Cc1ccccc1. The van der Waals surface area contributed by atoms with Gasteiger partial charge in [0.25, 0.3) is 0 Å². The minimum absolute atomic E-state index is 0.0415. The Balaban J connectivity index is 2.47. The Bertz CT molecular complexity index is 446. The fourth-order valence-corrected chi connectivity index (χ4v) is 1.76. The quantitative estimate of drug-likeness (QED) is 0.711. The molecule has 0 saturated heterocycles. The molecule has 5 heteroatoms. The van der Waals surface area contributed by atoms with Gasteiger partial charge in [-0.2, -0.15) is 0 Å². The van der Waals surface area contributed by atoms with Crippen LogP contribution in [0.3, 0.4) is 0 Å². The average molecular weight is 277 g/mol. The third-order valence-electron chi connectivity index (χ3n) is 2.82. The second-order valence-electron chi connectivity index (χ2n) is 5.19. The molecule has 0 fully saturated rings. The van der Waals surface area contributed by atoms with Crippen molar-refractivity contribution < 1.29 is 9.59 Å². The predicted octanol–water partition coefficient (Wildman–Crippen LogP) is 0.586. The van der Waals surface area contributed by atoms with Gasteiger partial charge < -0.3 is 16.4 Å². The van der Waals surface area contributed by atoms with E-state index in [9.17, 15) is 9.59 Å². The lowest BCUT2D eigenvalue weighted by Crippen LogP contribution is -2.51. The minimum Gasteiger partial charge on any atom is -0.352 e. The summed E-state index contributed by atoms with van der Waals surface area (Å²) in [6.07, 6.45) is 0.450. The van der Waals surface area contributed by atoms with Crippen LogP contribution in [-0.2, 0) is 16.0 Å². The topological polar surface area (TPSA) is 84.2 Å². The van der Waals surface area contributed by atoms with Crippen molar-refractivity contribution in [3.63, 3.8) is 0 Å². The standard InChI is InChI=1S/C15H23N3O2/c1-10(2)17-14(19)11(3)18-15(20)13(16)9-12-7-5-4-6-8-12/h4-8,10-11,13H,9,16H2,1-3H3,(H,17,19)(H,18,20). The maximum absolute atomic E-state index is 11.9. The summed E-state index contributed by atoms with van der Waals surface area (Å²) in [7, 11) is 0. The van der Waals surface area contributed by atoms with Gasteiger partial charge in [0, 0.05) is 6.04 Å². The van der Waals surface area contributed by atoms with Gasteiger partial charge in [0.05, 0.1) is 6.04 Å². The van der Waals surface area contributed by atoms with Crippen LogP contribution in [0.5, 0.6) is 0 Å². The van der Waals surface area contributed by atoms with Crippen molar-refractivity contribution in [2.24, 2.45) is 5.73 Å². The van der Waals surface area contributed by atoms with Crippen LogP contribution in [0.4, 0.5) is 0 Å². The summed E-state index contributed by atoms with van der Waals surface area (Å²) in [4.78, 5) is 23.6. The van der Waals surface area contributed by atoms with E-state index in [0.29, 0.717) is 6.42 Å². The molecule has 0 aromatic heterocycles. The third kappa shape index (κ3) is 5.40. The Morgan fingerprint density at radius 1 is 1.05 bits per heavy atom. The highest BCUT2D eigenvalue weighted by atomic mass is 16.2. The van der Waals surface area contributed by atoms with Crippen LogP contribution in [-0.4, -0.2) is 29.9 Å². The fraction of sp³-hybridized carbons (Fsp3) is 0.467. The van der Waals surface area contributed by atoms with Crippen molar-refractivity contribution in [2.75, 3.05) is 0 Å². The Hall–Kier alpha value is -1.88. The summed E-state index contributed by atoms with van der Waals surface area (Å²) in [5.74, 6) is -0.527. The molecule has 4 N–H and O–H groups in total. The molecule has 1 aromatic rings. The molecule has 0 aliphatic heterocycles. The van der Waals surface area contributed by atoms with Gasteiger partial charge in [0.15, 0.2) is 0 Å². The van der Waals surface area contributed by atoms with Gasteiger partial charge >= 0.3 is 0 Å². The molecule has 0 heterocycles. The van der Waals surface area contributed by atoms with E-state index < -0.39 is 12.1 Å². The molecule has 1 rings (SSSR count). The molecule has 0 bridgehead atoms. The number of benzene rings is 1. The molecule has 5 nitrogen and oxygen atoms in total. The van der Waals surface area contributed by atoms with Crippen molar-refractivity contribution in [1.29, 1.82) is 0 Å². The zero-order chi connectivity index (χ0) is 15.1. The fourth-order valence-electron chi connectivity index (χ4n) is 1.76. The molecular formula is C15H23N3O2. The number of nitrogens with two attached hydrogens (primary N) is 1. The number of amides is 2. The first-order chi connectivity index (χ1) is 9.40. The molecule has 110 valence electrons. The molecule has 0 aliphatic rings. The molecule has 2 amide bonds. The Kier molecular flexibility index (Phi) is 6.18. The molecule has 1 aromatic carbocycles.